The first-order valence-electron chi connectivity index (χ1n) is 8.62. The minimum absolute atomic E-state index is 0. The summed E-state index contributed by atoms with van der Waals surface area (Å²) in [4.78, 5) is 0. The Morgan fingerprint density at radius 2 is 1.27 bits per heavy atom. The minimum Gasteiger partial charge on any atom is -0.0905 e. The first kappa shape index (κ1) is 18.7. The van der Waals surface area contributed by atoms with Crippen LogP contribution in [0.5, 0.6) is 0 Å². The van der Waals surface area contributed by atoms with Crippen molar-refractivity contribution in [2.24, 2.45) is 0 Å². The van der Waals surface area contributed by atoms with Gasteiger partial charge in [-0.25, -0.2) is 0 Å². The maximum Gasteiger partial charge on any atom is 0 e. The van der Waals surface area contributed by atoms with Crippen molar-refractivity contribution in [3.05, 3.63) is 126 Å². The van der Waals surface area contributed by atoms with Gasteiger partial charge in [0, 0.05) is 29.6 Å². The second-order valence-electron chi connectivity index (χ2n) is 6.33. The van der Waals surface area contributed by atoms with Crippen LogP contribution in [0.15, 0.2) is 104 Å². The first-order valence-corrected chi connectivity index (χ1v) is 8.62. The maximum atomic E-state index is 4.45. The van der Waals surface area contributed by atoms with Gasteiger partial charge in [-0.3, -0.25) is 0 Å². The van der Waals surface area contributed by atoms with Crippen LogP contribution in [0.3, 0.4) is 0 Å². The third kappa shape index (κ3) is 3.83. The summed E-state index contributed by atoms with van der Waals surface area (Å²) in [6, 6.07) is 34.1. The number of hydrogen-bond acceptors (Lipinski definition) is 0. The van der Waals surface area contributed by atoms with E-state index in [4.69, 9.17) is 0 Å². The quantitative estimate of drug-likeness (QED) is 0.392. The van der Waals surface area contributed by atoms with E-state index >= 15 is 0 Å². The Hall–Kier alpha value is -2.12. The SMILES string of the molecule is C=C(c1ccccc1)c1c(Cc2ccccc2)ccc2ccccc12.[Na]. The van der Waals surface area contributed by atoms with Crippen LogP contribution in [0.25, 0.3) is 16.3 Å². The molecule has 0 aromatic heterocycles. The van der Waals surface area contributed by atoms with Gasteiger partial charge in [0.25, 0.3) is 0 Å². The molecule has 0 bridgehead atoms. The molecule has 1 heteroatoms. The predicted octanol–water partition coefficient (Wildman–Crippen LogP) is 6.11. The molecule has 0 saturated carbocycles. The molecule has 0 nitrogen and oxygen atoms in total. The van der Waals surface area contributed by atoms with Gasteiger partial charge in [-0.15, -0.1) is 0 Å². The fourth-order valence-electron chi connectivity index (χ4n) is 3.42. The van der Waals surface area contributed by atoms with E-state index in [0.29, 0.717) is 0 Å². The molecule has 0 atom stereocenters. The van der Waals surface area contributed by atoms with Crippen molar-refractivity contribution in [1.82, 2.24) is 0 Å². The van der Waals surface area contributed by atoms with E-state index in [-0.39, 0.29) is 29.6 Å². The number of rotatable bonds is 4. The number of fused-ring (bicyclic) bond motifs is 1. The molecule has 1 radical (unpaired) electrons. The first-order chi connectivity index (χ1) is 12.3. The van der Waals surface area contributed by atoms with Gasteiger partial charge in [0.2, 0.25) is 0 Å². The van der Waals surface area contributed by atoms with Crippen LogP contribution in [0.1, 0.15) is 22.3 Å². The zero-order valence-corrected chi connectivity index (χ0v) is 17.2. The molecule has 4 rings (SSSR count). The van der Waals surface area contributed by atoms with Gasteiger partial charge in [0.1, 0.15) is 0 Å². The van der Waals surface area contributed by atoms with Gasteiger partial charge in [-0.2, -0.15) is 0 Å². The minimum atomic E-state index is 0. The third-order valence-electron chi connectivity index (χ3n) is 4.68. The molecular weight excluding hydrogens is 323 g/mol. The molecule has 26 heavy (non-hydrogen) atoms. The molecule has 121 valence electrons. The molecule has 0 saturated heterocycles. The van der Waals surface area contributed by atoms with Crippen LogP contribution in [-0.4, -0.2) is 29.6 Å². The molecule has 4 aromatic rings. The topological polar surface area (TPSA) is 0 Å². The number of hydrogen-bond donors (Lipinski definition) is 0. The molecule has 0 aliphatic carbocycles. The summed E-state index contributed by atoms with van der Waals surface area (Å²) in [6.07, 6.45) is 0.910. The van der Waals surface area contributed by atoms with Gasteiger partial charge in [0.05, 0.1) is 0 Å². The average Bonchev–Trinajstić information content (AvgIpc) is 2.69. The summed E-state index contributed by atoms with van der Waals surface area (Å²) in [7, 11) is 0. The van der Waals surface area contributed by atoms with E-state index in [2.05, 4.69) is 97.6 Å². The van der Waals surface area contributed by atoms with E-state index in [9.17, 15) is 0 Å². The smallest absolute Gasteiger partial charge is 0 e. The van der Waals surface area contributed by atoms with E-state index < -0.39 is 0 Å². The van der Waals surface area contributed by atoms with E-state index in [1.807, 2.05) is 6.07 Å². The second kappa shape index (κ2) is 8.51. The Morgan fingerprint density at radius 1 is 0.654 bits per heavy atom. The summed E-state index contributed by atoms with van der Waals surface area (Å²) in [5.41, 5.74) is 6.16. The van der Waals surface area contributed by atoms with Crippen molar-refractivity contribution in [2.45, 2.75) is 6.42 Å². The molecular formula is C25H20Na. The third-order valence-corrected chi connectivity index (χ3v) is 4.68. The second-order valence-corrected chi connectivity index (χ2v) is 6.33. The molecule has 0 heterocycles. The Labute approximate surface area is 177 Å². The van der Waals surface area contributed by atoms with Crippen LogP contribution < -0.4 is 0 Å². The van der Waals surface area contributed by atoms with Crippen molar-refractivity contribution >= 4 is 45.9 Å². The van der Waals surface area contributed by atoms with Gasteiger partial charge < -0.3 is 0 Å². The molecule has 0 aliphatic heterocycles. The molecule has 0 N–H and O–H groups in total. The predicted molar refractivity (Wildman–Crippen MR) is 114 cm³/mol. The summed E-state index contributed by atoms with van der Waals surface area (Å²) in [5, 5.41) is 2.52. The van der Waals surface area contributed by atoms with Crippen LogP contribution in [0.2, 0.25) is 0 Å². The van der Waals surface area contributed by atoms with Crippen molar-refractivity contribution in [2.75, 3.05) is 0 Å². The van der Waals surface area contributed by atoms with Gasteiger partial charge in [0.15, 0.2) is 0 Å². The standard InChI is InChI=1S/C25H20.Na/c1-19(21-12-6-3-7-13-21)25-23(18-20-10-4-2-5-11-20)17-16-22-14-8-9-15-24(22)25;/h2-17H,1,18H2;. The van der Waals surface area contributed by atoms with E-state index in [1.165, 1.54) is 33.0 Å². The summed E-state index contributed by atoms with van der Waals surface area (Å²) >= 11 is 0. The molecule has 0 fully saturated rings. The van der Waals surface area contributed by atoms with Gasteiger partial charge >= 0.3 is 0 Å². The van der Waals surface area contributed by atoms with Crippen molar-refractivity contribution in [1.29, 1.82) is 0 Å². The largest absolute Gasteiger partial charge is 0.0905 e. The average molecular weight is 343 g/mol. The maximum absolute atomic E-state index is 4.45. The van der Waals surface area contributed by atoms with Crippen molar-refractivity contribution in [3.8, 4) is 0 Å². The van der Waals surface area contributed by atoms with Crippen molar-refractivity contribution < 1.29 is 0 Å². The zero-order valence-electron chi connectivity index (χ0n) is 15.2. The molecule has 0 aliphatic rings. The fourth-order valence-corrected chi connectivity index (χ4v) is 3.42. The van der Waals surface area contributed by atoms with E-state index in [0.717, 1.165) is 12.0 Å². The Bertz CT molecular complexity index is 1020. The fraction of sp³-hybridized carbons (Fsp3) is 0.0400. The van der Waals surface area contributed by atoms with Gasteiger partial charge in [-0.1, -0.05) is 104 Å². The van der Waals surface area contributed by atoms with E-state index in [1.54, 1.807) is 0 Å². The Kier molecular flexibility index (Phi) is 6.11. The molecule has 0 unspecified atom stereocenters. The number of benzene rings is 4. The summed E-state index contributed by atoms with van der Waals surface area (Å²) < 4.78 is 0. The van der Waals surface area contributed by atoms with Crippen LogP contribution >= 0.6 is 0 Å². The molecule has 4 aromatic carbocycles. The van der Waals surface area contributed by atoms with Crippen LogP contribution in [0, 0.1) is 0 Å². The normalized spacial score (nSPS) is 10.3. The molecule has 0 spiro atoms. The summed E-state index contributed by atoms with van der Waals surface area (Å²) in [5.74, 6) is 0. The van der Waals surface area contributed by atoms with Gasteiger partial charge in [-0.05, 0) is 45.0 Å². The zero-order chi connectivity index (χ0) is 17.1. The monoisotopic (exact) mass is 343 g/mol. The van der Waals surface area contributed by atoms with Crippen LogP contribution in [-0.2, 0) is 6.42 Å². The summed E-state index contributed by atoms with van der Waals surface area (Å²) in [6.45, 7) is 4.45. The molecule has 0 amide bonds. The van der Waals surface area contributed by atoms with Crippen LogP contribution in [0.4, 0.5) is 0 Å². The Balaban J connectivity index is 0.00000196. The van der Waals surface area contributed by atoms with Crippen molar-refractivity contribution in [3.63, 3.8) is 0 Å². The Morgan fingerprint density at radius 3 is 2.00 bits per heavy atom.